The van der Waals surface area contributed by atoms with Crippen LogP contribution >= 0.6 is 0 Å². The molecule has 0 atom stereocenters. The largest absolute Gasteiger partial charge is 0.496 e. The average Bonchev–Trinajstić information content (AvgIpc) is 2.27. The number of hydrogen-bond donors (Lipinski definition) is 1. The molecule has 2 aromatic carbocycles. The third-order valence-corrected chi connectivity index (χ3v) is 2.33. The maximum absolute atomic E-state index is 11.0. The lowest BCUT2D eigenvalue weighted by atomic mass is 10.0. The maximum atomic E-state index is 11.0. The lowest BCUT2D eigenvalue weighted by molar-refractivity contribution is 0.0699. The van der Waals surface area contributed by atoms with Crippen LogP contribution in [0, 0.1) is 0 Å². The number of carbonyl (C=O) groups is 1. The van der Waals surface area contributed by atoms with Crippen LogP contribution in [0.1, 0.15) is 10.4 Å². The minimum Gasteiger partial charge on any atom is -0.496 e. The van der Waals surface area contributed by atoms with Gasteiger partial charge in [0.15, 0.2) is 0 Å². The van der Waals surface area contributed by atoms with Crippen molar-refractivity contribution in [3.63, 3.8) is 0 Å². The van der Waals surface area contributed by atoms with Crippen molar-refractivity contribution in [1.82, 2.24) is 0 Å². The summed E-state index contributed by atoms with van der Waals surface area (Å²) in [5.41, 5.74) is 0.298. The van der Waals surface area contributed by atoms with Crippen molar-refractivity contribution in [2.24, 2.45) is 0 Å². The highest BCUT2D eigenvalue weighted by Gasteiger charge is 2.10. The molecule has 0 aliphatic rings. The Balaban J connectivity index is 2.83. The van der Waals surface area contributed by atoms with E-state index in [0.717, 1.165) is 5.39 Å². The van der Waals surface area contributed by atoms with Crippen molar-refractivity contribution in [1.29, 1.82) is 0 Å². The van der Waals surface area contributed by atoms with Gasteiger partial charge >= 0.3 is 5.97 Å². The van der Waals surface area contributed by atoms with Crippen LogP contribution in [0.2, 0.25) is 0 Å². The van der Waals surface area contributed by atoms with Crippen LogP contribution in [0.4, 0.5) is 0 Å². The SMILES string of the molecule is COc1ccc(C(=O)O)c2ccccc12. The van der Waals surface area contributed by atoms with Crippen LogP contribution in [-0.4, -0.2) is 18.2 Å². The van der Waals surface area contributed by atoms with E-state index in [0.29, 0.717) is 16.7 Å². The lowest BCUT2D eigenvalue weighted by Gasteiger charge is -2.07. The average molecular weight is 202 g/mol. The summed E-state index contributed by atoms with van der Waals surface area (Å²) in [6.07, 6.45) is 0. The minimum absolute atomic E-state index is 0.298. The van der Waals surface area contributed by atoms with Crippen LogP contribution < -0.4 is 4.74 Å². The molecule has 0 radical (unpaired) electrons. The highest BCUT2D eigenvalue weighted by atomic mass is 16.5. The van der Waals surface area contributed by atoms with Gasteiger partial charge in [0.05, 0.1) is 12.7 Å². The van der Waals surface area contributed by atoms with E-state index in [1.54, 1.807) is 25.3 Å². The van der Waals surface area contributed by atoms with E-state index < -0.39 is 5.97 Å². The summed E-state index contributed by atoms with van der Waals surface area (Å²) in [6.45, 7) is 0. The fraction of sp³-hybridized carbons (Fsp3) is 0.0833. The van der Waals surface area contributed by atoms with E-state index in [4.69, 9.17) is 9.84 Å². The molecule has 0 aliphatic heterocycles. The molecule has 0 unspecified atom stereocenters. The van der Waals surface area contributed by atoms with E-state index >= 15 is 0 Å². The monoisotopic (exact) mass is 202 g/mol. The zero-order valence-electron chi connectivity index (χ0n) is 8.23. The second kappa shape index (κ2) is 3.61. The van der Waals surface area contributed by atoms with E-state index in [1.807, 2.05) is 18.2 Å². The number of hydrogen-bond acceptors (Lipinski definition) is 2. The summed E-state index contributed by atoms with van der Waals surface area (Å²) in [5, 5.41) is 10.5. The summed E-state index contributed by atoms with van der Waals surface area (Å²) in [6, 6.07) is 10.5. The highest BCUT2D eigenvalue weighted by molar-refractivity contribution is 6.05. The Morgan fingerprint density at radius 1 is 1.13 bits per heavy atom. The summed E-state index contributed by atoms with van der Waals surface area (Å²) >= 11 is 0. The van der Waals surface area contributed by atoms with E-state index in [-0.39, 0.29) is 0 Å². The first kappa shape index (κ1) is 9.52. The quantitative estimate of drug-likeness (QED) is 0.814. The fourth-order valence-electron chi connectivity index (χ4n) is 1.64. The molecule has 0 spiro atoms. The van der Waals surface area contributed by atoms with Crippen molar-refractivity contribution in [3.8, 4) is 5.75 Å². The molecule has 0 saturated heterocycles. The van der Waals surface area contributed by atoms with Crippen molar-refractivity contribution >= 4 is 16.7 Å². The topological polar surface area (TPSA) is 46.5 Å². The molecular weight excluding hydrogens is 192 g/mol. The molecule has 0 heterocycles. The molecule has 15 heavy (non-hydrogen) atoms. The molecule has 0 saturated carbocycles. The van der Waals surface area contributed by atoms with E-state index in [9.17, 15) is 4.79 Å². The molecule has 0 bridgehead atoms. The van der Waals surface area contributed by atoms with E-state index in [2.05, 4.69) is 0 Å². The van der Waals surface area contributed by atoms with Gasteiger partial charge in [0.1, 0.15) is 5.75 Å². The standard InChI is InChI=1S/C12H10O3/c1-15-11-7-6-10(12(13)14)8-4-2-3-5-9(8)11/h2-7H,1H3,(H,13,14). The lowest BCUT2D eigenvalue weighted by Crippen LogP contribution is -1.98. The first-order valence-electron chi connectivity index (χ1n) is 4.53. The van der Waals surface area contributed by atoms with Gasteiger partial charge in [-0.15, -0.1) is 0 Å². The second-order valence-corrected chi connectivity index (χ2v) is 3.17. The molecule has 0 aromatic heterocycles. The number of rotatable bonds is 2. The van der Waals surface area contributed by atoms with Crippen LogP contribution in [0.25, 0.3) is 10.8 Å². The zero-order chi connectivity index (χ0) is 10.8. The highest BCUT2D eigenvalue weighted by Crippen LogP contribution is 2.28. The number of fused-ring (bicyclic) bond motifs is 1. The van der Waals surface area contributed by atoms with Gasteiger partial charge in [-0.2, -0.15) is 0 Å². The number of ether oxygens (including phenoxy) is 1. The first-order valence-corrected chi connectivity index (χ1v) is 4.53. The molecule has 0 aliphatic carbocycles. The molecule has 0 amide bonds. The van der Waals surface area contributed by atoms with Gasteiger partial charge in [-0.1, -0.05) is 24.3 Å². The predicted octanol–water partition coefficient (Wildman–Crippen LogP) is 2.55. The molecule has 76 valence electrons. The first-order chi connectivity index (χ1) is 7.24. The van der Waals surface area contributed by atoms with Gasteiger partial charge in [-0.05, 0) is 17.5 Å². The van der Waals surface area contributed by atoms with Crippen LogP contribution in [0.3, 0.4) is 0 Å². The molecule has 3 nitrogen and oxygen atoms in total. The van der Waals surface area contributed by atoms with Gasteiger partial charge in [-0.3, -0.25) is 0 Å². The third kappa shape index (κ3) is 1.52. The Hall–Kier alpha value is -2.03. The molecule has 2 rings (SSSR count). The predicted molar refractivity (Wildman–Crippen MR) is 57.5 cm³/mol. The minimum atomic E-state index is -0.922. The fourth-order valence-corrected chi connectivity index (χ4v) is 1.64. The van der Waals surface area contributed by atoms with Crippen LogP contribution in [0.15, 0.2) is 36.4 Å². The number of aromatic carboxylic acids is 1. The normalized spacial score (nSPS) is 10.2. The number of methoxy groups -OCH3 is 1. The van der Waals surface area contributed by atoms with Crippen molar-refractivity contribution in [2.75, 3.05) is 7.11 Å². The molecule has 2 aromatic rings. The maximum Gasteiger partial charge on any atom is 0.336 e. The zero-order valence-corrected chi connectivity index (χ0v) is 8.23. The van der Waals surface area contributed by atoms with Gasteiger partial charge < -0.3 is 9.84 Å². The number of carboxylic acid groups (broad SMARTS) is 1. The summed E-state index contributed by atoms with van der Waals surface area (Å²) < 4.78 is 5.17. The van der Waals surface area contributed by atoms with Crippen molar-refractivity contribution in [2.45, 2.75) is 0 Å². The van der Waals surface area contributed by atoms with Gasteiger partial charge in [0.25, 0.3) is 0 Å². The molecular formula is C12H10O3. The molecule has 0 fully saturated rings. The van der Waals surface area contributed by atoms with Crippen LogP contribution in [0.5, 0.6) is 5.75 Å². The number of benzene rings is 2. The Kier molecular flexibility index (Phi) is 2.29. The van der Waals surface area contributed by atoms with Gasteiger partial charge in [-0.25, -0.2) is 4.79 Å². The van der Waals surface area contributed by atoms with Crippen molar-refractivity contribution in [3.05, 3.63) is 42.0 Å². The Morgan fingerprint density at radius 2 is 1.80 bits per heavy atom. The van der Waals surface area contributed by atoms with Gasteiger partial charge in [0, 0.05) is 5.39 Å². The Bertz CT molecular complexity index is 517. The van der Waals surface area contributed by atoms with Gasteiger partial charge in [0.2, 0.25) is 0 Å². The van der Waals surface area contributed by atoms with Crippen molar-refractivity contribution < 1.29 is 14.6 Å². The summed E-state index contributed by atoms with van der Waals surface area (Å²) in [5.74, 6) is -0.232. The van der Waals surface area contributed by atoms with E-state index in [1.165, 1.54) is 0 Å². The Morgan fingerprint density at radius 3 is 2.40 bits per heavy atom. The number of carboxylic acids is 1. The third-order valence-electron chi connectivity index (χ3n) is 2.33. The summed E-state index contributed by atoms with van der Waals surface area (Å²) in [7, 11) is 1.57. The smallest absolute Gasteiger partial charge is 0.336 e. The molecule has 3 heteroatoms. The molecule has 1 N–H and O–H groups in total. The van der Waals surface area contributed by atoms with Crippen LogP contribution in [-0.2, 0) is 0 Å². The Labute approximate surface area is 86.9 Å². The summed E-state index contributed by atoms with van der Waals surface area (Å²) in [4.78, 5) is 11.0. The second-order valence-electron chi connectivity index (χ2n) is 3.17.